The molecule has 1 aliphatic carbocycles. The van der Waals surface area contributed by atoms with Gasteiger partial charge in [0, 0.05) is 24.5 Å². The van der Waals surface area contributed by atoms with Crippen molar-refractivity contribution in [2.45, 2.75) is 12.8 Å². The molecule has 0 heterocycles. The second-order valence-electron chi connectivity index (χ2n) is 6.08. The molecule has 0 spiro atoms. The molecule has 146 valence electrons. The van der Waals surface area contributed by atoms with Crippen LogP contribution in [0.3, 0.4) is 0 Å². The molecule has 0 saturated carbocycles. The minimum Gasteiger partial charge on any atom is -0.359 e. The largest absolute Gasteiger partial charge is 0.359 e. The molecule has 0 radical (unpaired) electrons. The zero-order chi connectivity index (χ0) is 20.1. The molecule has 8 heteroatoms. The van der Waals surface area contributed by atoms with Crippen molar-refractivity contribution in [1.82, 2.24) is 0 Å². The summed E-state index contributed by atoms with van der Waals surface area (Å²) in [6, 6.07) is 7.52. The molecule has 1 aliphatic rings. The van der Waals surface area contributed by atoms with Crippen molar-refractivity contribution in [1.29, 1.82) is 0 Å². The van der Waals surface area contributed by atoms with E-state index in [9.17, 15) is 18.0 Å². The van der Waals surface area contributed by atoms with Crippen molar-refractivity contribution < 1.29 is 22.9 Å². The Labute approximate surface area is 160 Å². The van der Waals surface area contributed by atoms with Gasteiger partial charge in [0.05, 0.1) is 11.3 Å². The average molecular weight is 389 g/mol. The molecule has 0 saturated heterocycles. The highest BCUT2D eigenvalue weighted by molar-refractivity contribution is 5.84. The lowest BCUT2D eigenvalue weighted by molar-refractivity contribution is 0.111. The van der Waals surface area contributed by atoms with Gasteiger partial charge in [-0.25, -0.2) is 23.7 Å². The van der Waals surface area contributed by atoms with Crippen LogP contribution in [0.25, 0.3) is 0 Å². The fourth-order valence-electron chi connectivity index (χ4n) is 2.64. The maximum absolute atomic E-state index is 13.9. The number of carbonyl (C=O) groups is 1. The second-order valence-corrected chi connectivity index (χ2v) is 6.08. The first-order valence-corrected chi connectivity index (χ1v) is 8.51. The number of nitrogens with zero attached hydrogens (tertiary/aromatic N) is 1. The summed E-state index contributed by atoms with van der Waals surface area (Å²) in [4.78, 5) is 16.1. The van der Waals surface area contributed by atoms with Crippen LogP contribution in [0.15, 0.2) is 54.3 Å². The lowest BCUT2D eigenvalue weighted by atomic mass is 10.1. The average Bonchev–Trinajstić information content (AvgIpc) is 2.70. The molecule has 0 unspecified atom stereocenters. The normalized spacial score (nSPS) is 13.1. The minimum absolute atomic E-state index is 0.0167. The van der Waals surface area contributed by atoms with Crippen LogP contribution in [0.2, 0.25) is 0 Å². The molecule has 0 amide bonds. The maximum Gasteiger partial charge on any atom is 0.171 e. The van der Waals surface area contributed by atoms with Crippen molar-refractivity contribution in [2.24, 2.45) is 0 Å². The Hall–Kier alpha value is -3.26. The molecule has 0 aliphatic heterocycles. The first-order valence-electron chi connectivity index (χ1n) is 8.51. The van der Waals surface area contributed by atoms with E-state index in [1.165, 1.54) is 12.1 Å². The van der Waals surface area contributed by atoms with Gasteiger partial charge in [0.2, 0.25) is 0 Å². The predicted octanol–water partition coefficient (Wildman–Crippen LogP) is 4.96. The number of carbonyl (C=O) groups excluding carboxylic acids is 1. The maximum atomic E-state index is 13.9. The van der Waals surface area contributed by atoms with Gasteiger partial charge in [0.1, 0.15) is 5.69 Å². The summed E-state index contributed by atoms with van der Waals surface area (Å²) in [5, 5.41) is 4.56. The summed E-state index contributed by atoms with van der Waals surface area (Å²) in [5.74, 6) is -4.05. The van der Waals surface area contributed by atoms with Crippen molar-refractivity contribution in [2.75, 3.05) is 22.9 Å². The van der Waals surface area contributed by atoms with Crippen LogP contribution in [0.4, 0.5) is 30.2 Å². The SMILES string of the molecule is CN(ONc1c(F)cc(F)c(F)c1C=O)c1ccc(NC2=CC=CCC2)cc1. The Morgan fingerprint density at radius 2 is 1.89 bits per heavy atom. The quantitative estimate of drug-likeness (QED) is 0.398. The number of hydroxylamine groups is 1. The van der Waals surface area contributed by atoms with E-state index in [4.69, 9.17) is 4.94 Å². The topological polar surface area (TPSA) is 53.6 Å². The summed E-state index contributed by atoms with van der Waals surface area (Å²) >= 11 is 0. The number of nitrogens with one attached hydrogen (secondary N) is 2. The van der Waals surface area contributed by atoms with Crippen molar-refractivity contribution in [3.8, 4) is 0 Å². The van der Waals surface area contributed by atoms with Gasteiger partial charge < -0.3 is 5.32 Å². The van der Waals surface area contributed by atoms with Gasteiger partial charge >= 0.3 is 0 Å². The summed E-state index contributed by atoms with van der Waals surface area (Å²) < 4.78 is 40.7. The molecule has 2 aromatic carbocycles. The Bertz CT molecular complexity index is 927. The van der Waals surface area contributed by atoms with Gasteiger partial charge in [0.25, 0.3) is 0 Å². The van der Waals surface area contributed by atoms with Gasteiger partial charge in [-0.15, -0.1) is 0 Å². The summed E-state index contributed by atoms with van der Waals surface area (Å²) in [6.45, 7) is 0. The molecule has 3 rings (SSSR count). The molecule has 0 atom stereocenters. The number of allylic oxidation sites excluding steroid dienone is 4. The number of benzene rings is 2. The number of aldehydes is 1. The second kappa shape index (κ2) is 8.62. The van der Waals surface area contributed by atoms with E-state index in [2.05, 4.69) is 16.9 Å². The third-order valence-corrected chi connectivity index (χ3v) is 4.16. The molecular weight excluding hydrogens is 371 g/mol. The number of rotatable bonds is 7. The summed E-state index contributed by atoms with van der Waals surface area (Å²) in [7, 11) is 1.53. The van der Waals surface area contributed by atoms with E-state index in [0.29, 0.717) is 11.8 Å². The third-order valence-electron chi connectivity index (χ3n) is 4.16. The lowest BCUT2D eigenvalue weighted by Crippen LogP contribution is -2.23. The molecule has 5 nitrogen and oxygen atoms in total. The van der Waals surface area contributed by atoms with Gasteiger partial charge in [0.15, 0.2) is 23.7 Å². The molecule has 0 fully saturated rings. The first kappa shape index (κ1) is 19.5. The van der Waals surface area contributed by atoms with E-state index in [1.54, 1.807) is 12.1 Å². The fourth-order valence-corrected chi connectivity index (χ4v) is 2.64. The Morgan fingerprint density at radius 1 is 1.14 bits per heavy atom. The van der Waals surface area contributed by atoms with E-state index < -0.39 is 28.7 Å². The first-order chi connectivity index (χ1) is 13.5. The van der Waals surface area contributed by atoms with Crippen LogP contribution in [0.5, 0.6) is 0 Å². The predicted molar refractivity (Wildman–Crippen MR) is 101 cm³/mol. The standard InChI is InChI=1S/C20H18F3N3O2/c1-26(28-25-20-16(12-27)19(23)17(21)11-18(20)22)15-9-7-14(8-10-15)24-13-5-3-2-4-6-13/h2-3,5,7-12,24-25H,4,6H2,1H3. The number of hydrogen-bond donors (Lipinski definition) is 2. The van der Waals surface area contributed by atoms with E-state index in [0.717, 1.165) is 24.2 Å². The number of anilines is 3. The highest BCUT2D eigenvalue weighted by Crippen LogP contribution is 2.25. The zero-order valence-electron chi connectivity index (χ0n) is 15.0. The molecule has 0 aromatic heterocycles. The van der Waals surface area contributed by atoms with Crippen molar-refractivity contribution in [3.05, 3.63) is 77.3 Å². The van der Waals surface area contributed by atoms with E-state index in [1.807, 2.05) is 24.3 Å². The van der Waals surface area contributed by atoms with Gasteiger partial charge in [-0.3, -0.25) is 4.79 Å². The van der Waals surface area contributed by atoms with Crippen LogP contribution in [-0.2, 0) is 4.94 Å². The van der Waals surface area contributed by atoms with Gasteiger partial charge in [-0.1, -0.05) is 12.2 Å². The number of halogens is 3. The Kier molecular flexibility index (Phi) is 6.00. The van der Waals surface area contributed by atoms with E-state index >= 15 is 0 Å². The minimum atomic E-state index is -1.45. The Morgan fingerprint density at radius 3 is 2.54 bits per heavy atom. The van der Waals surface area contributed by atoms with Crippen molar-refractivity contribution >= 4 is 23.3 Å². The zero-order valence-corrected chi connectivity index (χ0v) is 15.0. The third kappa shape index (κ3) is 4.34. The van der Waals surface area contributed by atoms with Crippen LogP contribution in [0.1, 0.15) is 23.2 Å². The van der Waals surface area contributed by atoms with Crippen LogP contribution in [0, 0.1) is 17.5 Å². The molecule has 2 N–H and O–H groups in total. The van der Waals surface area contributed by atoms with Crippen LogP contribution < -0.4 is 15.9 Å². The monoisotopic (exact) mass is 389 g/mol. The summed E-state index contributed by atoms with van der Waals surface area (Å²) in [5.41, 5.74) is 3.38. The highest BCUT2D eigenvalue weighted by atomic mass is 19.2. The molecule has 28 heavy (non-hydrogen) atoms. The summed E-state index contributed by atoms with van der Waals surface area (Å²) in [6.07, 6.45) is 8.05. The smallest absolute Gasteiger partial charge is 0.171 e. The molecule has 0 bridgehead atoms. The molecule has 2 aromatic rings. The van der Waals surface area contributed by atoms with Gasteiger partial charge in [-0.2, -0.15) is 4.94 Å². The molecular formula is C20H18F3N3O2. The lowest BCUT2D eigenvalue weighted by Gasteiger charge is -2.20. The van der Waals surface area contributed by atoms with Gasteiger partial charge in [-0.05, 0) is 43.2 Å². The van der Waals surface area contributed by atoms with Crippen LogP contribution >= 0.6 is 0 Å². The van der Waals surface area contributed by atoms with Crippen LogP contribution in [-0.4, -0.2) is 13.3 Å². The number of hydrogen-bond acceptors (Lipinski definition) is 5. The Balaban J connectivity index is 1.66. The fraction of sp³-hybridized carbons (Fsp3) is 0.150. The van der Waals surface area contributed by atoms with Crippen molar-refractivity contribution in [3.63, 3.8) is 0 Å². The highest BCUT2D eigenvalue weighted by Gasteiger charge is 2.19. The van der Waals surface area contributed by atoms with E-state index in [-0.39, 0.29) is 6.29 Å².